The van der Waals surface area contributed by atoms with Crippen molar-refractivity contribution in [3.63, 3.8) is 0 Å². The van der Waals surface area contributed by atoms with E-state index in [1.54, 1.807) is 0 Å². The third-order valence-corrected chi connectivity index (χ3v) is 5.93. The van der Waals surface area contributed by atoms with Crippen LogP contribution in [0.4, 0.5) is 11.5 Å². The van der Waals surface area contributed by atoms with Crippen molar-refractivity contribution in [2.45, 2.75) is 30.7 Å². The van der Waals surface area contributed by atoms with Crippen molar-refractivity contribution >= 4 is 21.5 Å². The molecule has 9 heteroatoms. The third kappa shape index (κ3) is 4.00. The van der Waals surface area contributed by atoms with Crippen LogP contribution in [-0.4, -0.2) is 37.5 Å². The lowest BCUT2D eigenvalue weighted by Crippen LogP contribution is -2.45. The van der Waals surface area contributed by atoms with Gasteiger partial charge in [-0.25, -0.2) is 18.1 Å². The average Bonchev–Trinajstić information content (AvgIpc) is 2.62. The number of hydrogen-bond acceptors (Lipinski definition) is 6. The molecule has 0 saturated carbocycles. The van der Waals surface area contributed by atoms with Crippen molar-refractivity contribution in [1.82, 2.24) is 9.71 Å². The molecule has 1 aliphatic rings. The minimum absolute atomic E-state index is 0.263. The summed E-state index contributed by atoms with van der Waals surface area (Å²) >= 11 is 0. The fourth-order valence-electron chi connectivity index (χ4n) is 3.05. The highest BCUT2D eigenvalue weighted by Crippen LogP contribution is 2.25. The second-order valence-electron chi connectivity index (χ2n) is 6.24. The van der Waals surface area contributed by atoms with E-state index in [4.69, 9.17) is 0 Å². The topological polar surface area (TPSA) is 105 Å². The van der Waals surface area contributed by atoms with Gasteiger partial charge in [0, 0.05) is 30.9 Å². The van der Waals surface area contributed by atoms with Gasteiger partial charge in [-0.1, -0.05) is 18.2 Å². The number of para-hydroxylation sites is 1. The number of pyridine rings is 1. The van der Waals surface area contributed by atoms with Gasteiger partial charge in [0.1, 0.15) is 5.82 Å². The zero-order chi connectivity index (χ0) is 18.7. The molecular weight excluding hydrogens is 356 g/mol. The first-order chi connectivity index (χ1) is 12.4. The molecule has 1 saturated heterocycles. The molecule has 0 unspecified atom stereocenters. The van der Waals surface area contributed by atoms with Crippen LogP contribution >= 0.6 is 0 Å². The average molecular weight is 376 g/mol. The highest BCUT2D eigenvalue weighted by atomic mass is 32.2. The molecule has 26 heavy (non-hydrogen) atoms. The highest BCUT2D eigenvalue weighted by Gasteiger charge is 2.29. The van der Waals surface area contributed by atoms with Gasteiger partial charge in [0.15, 0.2) is 4.90 Å². The number of aryl methyl sites for hydroxylation is 1. The Balaban J connectivity index is 1.68. The molecule has 2 aromatic rings. The molecule has 0 amide bonds. The zero-order valence-corrected chi connectivity index (χ0v) is 15.1. The van der Waals surface area contributed by atoms with E-state index < -0.39 is 20.6 Å². The summed E-state index contributed by atoms with van der Waals surface area (Å²) in [6, 6.07) is 10.9. The van der Waals surface area contributed by atoms with Gasteiger partial charge in [-0.3, -0.25) is 10.1 Å². The largest absolute Gasteiger partial charge is 0.356 e. The van der Waals surface area contributed by atoms with E-state index in [0.29, 0.717) is 25.9 Å². The summed E-state index contributed by atoms with van der Waals surface area (Å²) in [4.78, 5) is 16.7. The van der Waals surface area contributed by atoms with Crippen molar-refractivity contribution in [3.8, 4) is 0 Å². The molecule has 1 aromatic heterocycles. The standard InChI is InChI=1S/C17H20N4O4S/c1-13-5-4-8-17(18-13)20-11-9-14(10-12-20)19-26(24,25)16-7-3-2-6-15(16)21(22)23/h2-8,14,19H,9-12H2,1H3. The number of rotatable bonds is 5. The molecule has 138 valence electrons. The second kappa shape index (κ2) is 7.38. The molecule has 2 heterocycles. The number of nitrogens with one attached hydrogen (secondary N) is 1. The van der Waals surface area contributed by atoms with Gasteiger partial charge in [0.2, 0.25) is 10.0 Å². The molecule has 1 fully saturated rings. The summed E-state index contributed by atoms with van der Waals surface area (Å²) in [7, 11) is -3.95. The maximum Gasteiger partial charge on any atom is 0.289 e. The Morgan fingerprint density at radius 3 is 2.50 bits per heavy atom. The van der Waals surface area contributed by atoms with Crippen LogP contribution in [0.3, 0.4) is 0 Å². The third-order valence-electron chi connectivity index (χ3n) is 4.37. The number of hydrogen-bond donors (Lipinski definition) is 1. The van der Waals surface area contributed by atoms with Gasteiger partial charge in [-0.05, 0) is 38.0 Å². The summed E-state index contributed by atoms with van der Waals surface area (Å²) in [5.74, 6) is 0.880. The lowest BCUT2D eigenvalue weighted by molar-refractivity contribution is -0.387. The summed E-state index contributed by atoms with van der Waals surface area (Å²) < 4.78 is 27.8. The number of nitro benzene ring substituents is 1. The molecule has 0 radical (unpaired) electrons. The van der Waals surface area contributed by atoms with Crippen molar-refractivity contribution in [3.05, 3.63) is 58.3 Å². The number of aromatic nitrogens is 1. The van der Waals surface area contributed by atoms with Crippen LogP contribution in [0.25, 0.3) is 0 Å². The maximum absolute atomic E-state index is 12.6. The monoisotopic (exact) mass is 376 g/mol. The van der Waals surface area contributed by atoms with E-state index in [0.717, 1.165) is 11.5 Å². The summed E-state index contributed by atoms with van der Waals surface area (Å²) in [5, 5.41) is 11.1. The van der Waals surface area contributed by atoms with Crippen LogP contribution in [0, 0.1) is 17.0 Å². The number of sulfonamides is 1. The van der Waals surface area contributed by atoms with E-state index in [1.165, 1.54) is 24.3 Å². The predicted molar refractivity (Wildman–Crippen MR) is 97.6 cm³/mol. The molecule has 8 nitrogen and oxygen atoms in total. The second-order valence-corrected chi connectivity index (χ2v) is 7.93. The fourth-order valence-corrected chi connectivity index (χ4v) is 4.53. The quantitative estimate of drug-likeness (QED) is 0.634. The smallest absolute Gasteiger partial charge is 0.289 e. The fraction of sp³-hybridized carbons (Fsp3) is 0.353. The molecule has 0 spiro atoms. The Morgan fingerprint density at radius 2 is 1.85 bits per heavy atom. The van der Waals surface area contributed by atoms with Gasteiger partial charge in [-0.2, -0.15) is 0 Å². The van der Waals surface area contributed by atoms with Crippen LogP contribution in [0.2, 0.25) is 0 Å². The zero-order valence-electron chi connectivity index (χ0n) is 14.3. The van der Waals surface area contributed by atoms with Gasteiger partial charge in [0.25, 0.3) is 5.69 Å². The van der Waals surface area contributed by atoms with Gasteiger partial charge in [-0.15, -0.1) is 0 Å². The van der Waals surface area contributed by atoms with Crippen LogP contribution < -0.4 is 9.62 Å². The lowest BCUT2D eigenvalue weighted by Gasteiger charge is -2.33. The Kier molecular flexibility index (Phi) is 5.19. The molecule has 0 bridgehead atoms. The number of nitro groups is 1. The molecule has 0 atom stereocenters. The lowest BCUT2D eigenvalue weighted by atomic mass is 10.1. The Hall–Kier alpha value is -2.52. The van der Waals surface area contributed by atoms with Gasteiger partial charge in [0.05, 0.1) is 4.92 Å². The Morgan fingerprint density at radius 1 is 1.15 bits per heavy atom. The van der Waals surface area contributed by atoms with Gasteiger partial charge < -0.3 is 4.90 Å². The maximum atomic E-state index is 12.6. The number of anilines is 1. The first-order valence-corrected chi connectivity index (χ1v) is 9.79. The molecule has 3 rings (SSSR count). The van der Waals surface area contributed by atoms with E-state index in [-0.39, 0.29) is 10.9 Å². The first kappa shape index (κ1) is 18.3. The van der Waals surface area contributed by atoms with Crippen molar-refractivity contribution in [2.24, 2.45) is 0 Å². The minimum Gasteiger partial charge on any atom is -0.356 e. The number of piperidine rings is 1. The van der Waals surface area contributed by atoms with Crippen LogP contribution in [0.1, 0.15) is 18.5 Å². The molecule has 1 aromatic carbocycles. The van der Waals surface area contributed by atoms with Crippen LogP contribution in [0.5, 0.6) is 0 Å². The van der Waals surface area contributed by atoms with Gasteiger partial charge >= 0.3 is 0 Å². The van der Waals surface area contributed by atoms with E-state index in [9.17, 15) is 18.5 Å². The first-order valence-electron chi connectivity index (χ1n) is 8.31. The minimum atomic E-state index is -3.95. The molecule has 1 N–H and O–H groups in total. The summed E-state index contributed by atoms with van der Waals surface area (Å²) in [6.07, 6.45) is 1.21. The normalized spacial score (nSPS) is 15.8. The SMILES string of the molecule is Cc1cccc(N2CCC(NS(=O)(=O)c3ccccc3[N+](=O)[O-])CC2)n1. The molecule has 0 aliphatic carbocycles. The van der Waals surface area contributed by atoms with Crippen LogP contribution in [-0.2, 0) is 10.0 Å². The van der Waals surface area contributed by atoms with E-state index in [2.05, 4.69) is 14.6 Å². The highest BCUT2D eigenvalue weighted by molar-refractivity contribution is 7.89. The van der Waals surface area contributed by atoms with E-state index >= 15 is 0 Å². The number of benzene rings is 1. The summed E-state index contributed by atoms with van der Waals surface area (Å²) in [6.45, 7) is 3.26. The van der Waals surface area contributed by atoms with Crippen molar-refractivity contribution in [1.29, 1.82) is 0 Å². The Bertz CT molecular complexity index is 908. The Labute approximate surface area is 152 Å². The number of nitrogens with zero attached hydrogens (tertiary/aromatic N) is 3. The summed E-state index contributed by atoms with van der Waals surface area (Å²) in [5.41, 5.74) is 0.517. The van der Waals surface area contributed by atoms with E-state index in [1.807, 2.05) is 25.1 Å². The predicted octanol–water partition coefficient (Wildman–Crippen LogP) is 2.25. The van der Waals surface area contributed by atoms with Crippen LogP contribution in [0.15, 0.2) is 47.4 Å². The molecule has 1 aliphatic heterocycles. The van der Waals surface area contributed by atoms with Crippen molar-refractivity contribution < 1.29 is 13.3 Å². The van der Waals surface area contributed by atoms with Crippen molar-refractivity contribution in [2.75, 3.05) is 18.0 Å². The molecular formula is C17H20N4O4S.